The molecule has 0 saturated carbocycles. The molecule has 0 aromatic carbocycles. The fourth-order valence-corrected chi connectivity index (χ4v) is 0. The molecule has 0 aliphatic carbocycles. The Balaban J connectivity index is 0. The van der Waals surface area contributed by atoms with E-state index in [0.29, 0.717) is 0 Å². The molecule has 0 unspecified atom stereocenters. The van der Waals surface area contributed by atoms with E-state index < -0.39 is 0 Å². The third-order valence-corrected chi connectivity index (χ3v) is 0. The van der Waals surface area contributed by atoms with Crippen molar-refractivity contribution < 1.29 is 53.0 Å². The van der Waals surface area contributed by atoms with Gasteiger partial charge >= 0.3 is 0 Å². The summed E-state index contributed by atoms with van der Waals surface area (Å²) >= 11 is 0. The van der Waals surface area contributed by atoms with Crippen molar-refractivity contribution >= 4 is 18.0 Å². The van der Waals surface area contributed by atoms with Crippen LogP contribution in [0.1, 0.15) is 0 Å². The topological polar surface area (TPSA) is 0 Å². The van der Waals surface area contributed by atoms with Crippen LogP contribution in [-0.4, -0.2) is 18.0 Å². The summed E-state index contributed by atoms with van der Waals surface area (Å²) < 4.78 is 0. The average Bonchev–Trinajstić information content (AvgIpc) is 0. The second-order valence-electron chi connectivity index (χ2n) is 0. The van der Waals surface area contributed by atoms with E-state index in [2.05, 4.69) is 0 Å². The summed E-state index contributed by atoms with van der Waals surface area (Å²) in [5.41, 5.74) is 0. The first-order valence-corrected chi connectivity index (χ1v) is 0. The number of hydrogen-bond donors (Lipinski definition) is 0. The molecular formula is AsCuNiZn. The molecule has 0 aliphatic rings. The van der Waals surface area contributed by atoms with Crippen molar-refractivity contribution in [3.63, 3.8) is 0 Å². The van der Waals surface area contributed by atoms with E-state index in [1.165, 1.54) is 0 Å². The Kier molecular flexibility index (Phi) is 165. The van der Waals surface area contributed by atoms with Gasteiger partial charge in [-0.2, -0.15) is 0 Å². The largest absolute Gasteiger partial charge is 0 e. The number of hydrogen-bond acceptors (Lipinski definition) is 0. The van der Waals surface area contributed by atoms with Crippen molar-refractivity contribution in [2.24, 2.45) is 0 Å². The van der Waals surface area contributed by atoms with E-state index in [4.69, 9.17) is 0 Å². The van der Waals surface area contributed by atoms with Crippen molar-refractivity contribution in [3.05, 3.63) is 0 Å². The van der Waals surface area contributed by atoms with Crippen LogP contribution in [-0.2, 0) is 53.0 Å². The minimum absolute atomic E-state index is 0. The van der Waals surface area contributed by atoms with Crippen molar-refractivity contribution in [2.75, 3.05) is 0 Å². The van der Waals surface area contributed by atoms with Crippen LogP contribution in [0.5, 0.6) is 0 Å². The van der Waals surface area contributed by atoms with Gasteiger partial charge in [-0.25, -0.2) is 0 Å². The molecule has 0 amide bonds. The van der Waals surface area contributed by atoms with E-state index in [9.17, 15) is 0 Å². The first kappa shape index (κ1) is 34.7. The monoisotopic (exact) mass is 260 g/mol. The Morgan fingerprint density at radius 2 is 1.00 bits per heavy atom. The van der Waals surface area contributed by atoms with Gasteiger partial charge in [-0.05, 0) is 0 Å². The van der Waals surface area contributed by atoms with Crippen LogP contribution in [0.25, 0.3) is 0 Å². The Hall–Kier alpha value is 2.19. The minimum Gasteiger partial charge on any atom is 0 e. The van der Waals surface area contributed by atoms with Gasteiger partial charge < -0.3 is 0 Å². The van der Waals surface area contributed by atoms with E-state index in [0.717, 1.165) is 0 Å². The summed E-state index contributed by atoms with van der Waals surface area (Å²) in [5.74, 6) is 0. The van der Waals surface area contributed by atoms with Crippen molar-refractivity contribution in [2.45, 2.75) is 0 Å². The maximum absolute atomic E-state index is 0. The van der Waals surface area contributed by atoms with E-state index in [-0.39, 0.29) is 71.0 Å². The molecule has 0 heterocycles. The van der Waals surface area contributed by atoms with Crippen LogP contribution < -0.4 is 0 Å². The van der Waals surface area contributed by atoms with Crippen LogP contribution in [0.4, 0.5) is 0 Å². The van der Waals surface area contributed by atoms with Gasteiger partial charge in [-0.15, -0.1) is 0 Å². The smallest absolute Gasteiger partial charge is 0 e. The van der Waals surface area contributed by atoms with E-state index >= 15 is 0 Å². The van der Waals surface area contributed by atoms with Gasteiger partial charge in [-0.3, -0.25) is 0 Å². The molecule has 0 fully saturated rings. The molecule has 0 aromatic heterocycles. The van der Waals surface area contributed by atoms with Gasteiger partial charge in [0.2, 0.25) is 0 Å². The quantitative estimate of drug-likeness (QED) is 0.522. The Bertz CT molecular complexity index is 8.00. The Labute approximate surface area is 70.3 Å². The standard InChI is InChI=1S/As.Cu.Ni.Zn. The van der Waals surface area contributed by atoms with Gasteiger partial charge in [0, 0.05) is 71.0 Å². The van der Waals surface area contributed by atoms with Crippen LogP contribution >= 0.6 is 0 Å². The Morgan fingerprint density at radius 3 is 1.00 bits per heavy atom. The van der Waals surface area contributed by atoms with E-state index in [1.807, 2.05) is 0 Å². The van der Waals surface area contributed by atoms with Gasteiger partial charge in [0.25, 0.3) is 0 Å². The zero-order valence-corrected chi connectivity index (χ0v) is 8.55. The summed E-state index contributed by atoms with van der Waals surface area (Å²) in [6.07, 6.45) is 0. The van der Waals surface area contributed by atoms with Gasteiger partial charge in [-0.1, -0.05) is 0 Å². The third-order valence-electron chi connectivity index (χ3n) is 0. The molecule has 0 atom stereocenters. The van der Waals surface area contributed by atoms with Crippen molar-refractivity contribution in [3.8, 4) is 0 Å². The van der Waals surface area contributed by atoms with Gasteiger partial charge in [0.1, 0.15) is 0 Å². The van der Waals surface area contributed by atoms with Crippen LogP contribution in [0.15, 0.2) is 0 Å². The molecule has 0 nitrogen and oxygen atoms in total. The molecule has 0 bridgehead atoms. The predicted molar refractivity (Wildman–Crippen MR) is 5.75 cm³/mol. The van der Waals surface area contributed by atoms with Crippen molar-refractivity contribution in [1.82, 2.24) is 0 Å². The second kappa shape index (κ2) is 19.0. The van der Waals surface area contributed by atoms with Crippen LogP contribution in [0, 0.1) is 0 Å². The summed E-state index contributed by atoms with van der Waals surface area (Å²) in [6, 6.07) is 0. The summed E-state index contributed by atoms with van der Waals surface area (Å²) in [4.78, 5) is 0. The average molecular weight is 263 g/mol. The molecule has 4 heavy (non-hydrogen) atoms. The molecule has 28 valence electrons. The van der Waals surface area contributed by atoms with Gasteiger partial charge in [0.15, 0.2) is 0 Å². The fourth-order valence-electron chi connectivity index (χ4n) is 0. The molecule has 0 rings (SSSR count). The van der Waals surface area contributed by atoms with Crippen molar-refractivity contribution in [1.29, 1.82) is 0 Å². The molecule has 0 aliphatic heterocycles. The van der Waals surface area contributed by atoms with Crippen LogP contribution in [0.3, 0.4) is 0 Å². The maximum Gasteiger partial charge on any atom is 0 e. The Morgan fingerprint density at radius 1 is 1.00 bits per heavy atom. The number of rotatable bonds is 0. The van der Waals surface area contributed by atoms with Gasteiger partial charge in [0.05, 0.1) is 0 Å². The van der Waals surface area contributed by atoms with Crippen LogP contribution in [0.2, 0.25) is 0 Å². The molecule has 0 saturated heterocycles. The zero-order chi connectivity index (χ0) is 0. The molecular weight excluding hydrogens is 263 g/mol. The molecule has 0 N–H and O–H groups in total. The zero-order valence-electron chi connectivity index (χ0n) is 1.77. The fraction of sp³-hybridized carbons (Fsp3) is 0. The molecule has 0 spiro atoms. The minimum atomic E-state index is 0. The molecule has 4 radical (unpaired) electrons. The van der Waals surface area contributed by atoms with E-state index in [1.54, 1.807) is 0 Å². The maximum atomic E-state index is 0. The summed E-state index contributed by atoms with van der Waals surface area (Å²) in [7, 11) is 0. The predicted octanol–water partition coefficient (Wildman–Crippen LogP) is -0.388. The normalized spacial score (nSPS) is 0. The molecule has 0 aromatic rings. The first-order chi connectivity index (χ1) is 0. The molecule has 4 heteroatoms. The summed E-state index contributed by atoms with van der Waals surface area (Å²) in [5, 5.41) is 0. The summed E-state index contributed by atoms with van der Waals surface area (Å²) in [6.45, 7) is 0. The second-order valence-corrected chi connectivity index (χ2v) is 0. The first-order valence-electron chi connectivity index (χ1n) is 0. The third kappa shape index (κ3) is 8.89. The SMILES string of the molecule is [As].[Cu].[Ni].[Zn].